The van der Waals surface area contributed by atoms with E-state index in [1.807, 2.05) is 19.0 Å². The number of hydrogen-bond acceptors (Lipinski definition) is 6. The molecule has 0 spiro atoms. The number of anilines is 2. The fraction of sp³-hybridized carbons (Fsp3) is 0.300. The highest BCUT2D eigenvalue weighted by molar-refractivity contribution is 7.98. The smallest absolute Gasteiger partial charge is 0.271 e. The molecule has 2 heterocycles. The lowest BCUT2D eigenvalue weighted by Crippen LogP contribution is -2.46. The largest absolute Gasteiger partial charge is 0.348 e. The van der Waals surface area contributed by atoms with Crippen LogP contribution in [0.1, 0.15) is 33.7 Å². The molecule has 1 saturated heterocycles. The van der Waals surface area contributed by atoms with Gasteiger partial charge < -0.3 is 20.9 Å². The van der Waals surface area contributed by atoms with Gasteiger partial charge in [0.1, 0.15) is 5.69 Å². The summed E-state index contributed by atoms with van der Waals surface area (Å²) in [5, 5.41) is 13.0. The van der Waals surface area contributed by atoms with Crippen LogP contribution in [-0.4, -0.2) is 86.6 Å². The Morgan fingerprint density at radius 2 is 1.73 bits per heavy atom. The highest BCUT2D eigenvalue weighted by Gasteiger charge is 2.29. The molecule has 234 valence electrons. The van der Waals surface area contributed by atoms with Gasteiger partial charge in [-0.15, -0.1) is 0 Å². The number of rotatable bonds is 10. The third-order valence-corrected chi connectivity index (χ3v) is 9.83. The Morgan fingerprint density at radius 3 is 2.39 bits per heavy atom. The van der Waals surface area contributed by atoms with Crippen molar-refractivity contribution in [2.75, 3.05) is 44.4 Å². The van der Waals surface area contributed by atoms with E-state index in [0.29, 0.717) is 43.1 Å². The van der Waals surface area contributed by atoms with Gasteiger partial charge in [0.25, 0.3) is 11.8 Å². The SMILES string of the molecule is C=S(=O)(c1cccc(NC(=O)/C=C/CN(C)C)c1)N1CCC(NC(=O)c2c(NC(=O)c3c(Cl)cccc3Cl)cnn2C)CC1. The van der Waals surface area contributed by atoms with E-state index < -0.39 is 21.5 Å². The zero-order valence-corrected chi connectivity index (χ0v) is 27.0. The topological polar surface area (TPSA) is 129 Å². The zero-order valence-electron chi connectivity index (χ0n) is 24.7. The Kier molecular flexibility index (Phi) is 10.9. The van der Waals surface area contributed by atoms with E-state index in [0.717, 1.165) is 0 Å². The minimum atomic E-state index is -2.84. The maximum absolute atomic E-state index is 13.8. The number of halogens is 2. The summed E-state index contributed by atoms with van der Waals surface area (Å²) in [6.45, 7) is 1.49. The molecule has 4 rings (SSSR count). The van der Waals surface area contributed by atoms with Crippen molar-refractivity contribution in [2.24, 2.45) is 7.05 Å². The minimum absolute atomic E-state index is 0.0972. The normalized spacial score (nSPS) is 15.7. The van der Waals surface area contributed by atoms with E-state index in [2.05, 4.69) is 26.9 Å². The number of carbonyl (C=O) groups is 3. The molecule has 1 atom stereocenters. The first-order chi connectivity index (χ1) is 20.9. The van der Waals surface area contributed by atoms with E-state index in [-0.39, 0.29) is 38.9 Å². The molecule has 3 N–H and O–H groups in total. The summed E-state index contributed by atoms with van der Waals surface area (Å²) in [6.07, 6.45) is 5.66. The predicted octanol–water partition coefficient (Wildman–Crippen LogP) is 3.92. The number of carbonyl (C=O) groups excluding carboxylic acids is 3. The quantitative estimate of drug-likeness (QED) is 0.224. The molecule has 11 nitrogen and oxygen atoms in total. The summed E-state index contributed by atoms with van der Waals surface area (Å²) in [7, 11) is 2.58. The number of hydrogen-bond donors (Lipinski definition) is 3. The van der Waals surface area contributed by atoms with E-state index in [9.17, 15) is 18.6 Å². The summed E-state index contributed by atoms with van der Waals surface area (Å²) in [6, 6.07) is 11.4. The van der Waals surface area contributed by atoms with Crippen molar-refractivity contribution in [1.29, 1.82) is 0 Å². The standard InChI is InChI=1S/C30H35Cl2N7O4S/c1-37(2)15-7-12-26(40)34-21-8-5-9-22(18-21)44(4,43)39-16-13-20(14-17-39)35-30(42)28-25(19-33-38(28)3)36-29(41)27-23(31)10-6-11-24(27)32/h5-12,18-20H,4,13-17H2,1-3H3,(H,34,40)(H,35,42)(H,36,41)/b12-7+. The summed E-state index contributed by atoms with van der Waals surface area (Å²) >= 11 is 12.3. The first kappa shape index (κ1) is 33.2. The van der Waals surface area contributed by atoms with Gasteiger partial charge >= 0.3 is 0 Å². The van der Waals surface area contributed by atoms with Crippen molar-refractivity contribution in [3.8, 4) is 0 Å². The fourth-order valence-electron chi connectivity index (χ4n) is 4.72. The molecule has 1 fully saturated rings. The van der Waals surface area contributed by atoms with Crippen molar-refractivity contribution in [1.82, 2.24) is 24.3 Å². The van der Waals surface area contributed by atoms with Crippen LogP contribution in [0, 0.1) is 0 Å². The number of amides is 3. The Labute approximate surface area is 267 Å². The lowest BCUT2D eigenvalue weighted by Gasteiger charge is -2.34. The van der Waals surface area contributed by atoms with Crippen LogP contribution in [0.25, 0.3) is 0 Å². The number of piperidine rings is 1. The minimum Gasteiger partial charge on any atom is -0.348 e. The molecule has 0 aliphatic carbocycles. The highest BCUT2D eigenvalue weighted by Crippen LogP contribution is 2.27. The third-order valence-electron chi connectivity index (χ3n) is 7.01. The van der Waals surface area contributed by atoms with Crippen molar-refractivity contribution in [2.45, 2.75) is 23.8 Å². The van der Waals surface area contributed by atoms with Crippen LogP contribution >= 0.6 is 23.2 Å². The fourth-order valence-corrected chi connectivity index (χ4v) is 6.99. The second kappa shape index (κ2) is 14.4. The molecule has 0 saturated carbocycles. The van der Waals surface area contributed by atoms with Crippen LogP contribution in [0.15, 0.2) is 65.7 Å². The van der Waals surface area contributed by atoms with Crippen LogP contribution in [0.2, 0.25) is 10.0 Å². The van der Waals surface area contributed by atoms with Crippen molar-refractivity contribution in [3.63, 3.8) is 0 Å². The van der Waals surface area contributed by atoms with Crippen LogP contribution in [0.5, 0.6) is 0 Å². The van der Waals surface area contributed by atoms with Crippen LogP contribution < -0.4 is 16.0 Å². The molecule has 0 bridgehead atoms. The molecule has 0 radical (unpaired) electrons. The monoisotopic (exact) mass is 659 g/mol. The van der Waals surface area contributed by atoms with E-state index in [1.165, 1.54) is 17.0 Å². The van der Waals surface area contributed by atoms with Gasteiger partial charge in [-0.05, 0) is 63.1 Å². The molecule has 3 amide bonds. The van der Waals surface area contributed by atoms with Crippen molar-refractivity contribution in [3.05, 3.63) is 82.1 Å². The maximum atomic E-state index is 13.8. The van der Waals surface area contributed by atoms with Gasteiger partial charge in [-0.2, -0.15) is 5.10 Å². The van der Waals surface area contributed by atoms with E-state index in [1.54, 1.807) is 59.9 Å². The number of aromatic nitrogens is 2. The van der Waals surface area contributed by atoms with Gasteiger partial charge in [0.05, 0.1) is 37.2 Å². The Bertz CT molecular complexity index is 1660. The van der Waals surface area contributed by atoms with Crippen LogP contribution in [0.3, 0.4) is 0 Å². The van der Waals surface area contributed by atoms with Crippen LogP contribution in [-0.2, 0) is 21.5 Å². The Hall–Kier alpha value is -3.68. The second-order valence-corrected chi connectivity index (χ2v) is 13.7. The summed E-state index contributed by atoms with van der Waals surface area (Å²) < 4.78 is 17.0. The van der Waals surface area contributed by atoms with Crippen molar-refractivity contribution < 1.29 is 18.6 Å². The number of nitrogens with one attached hydrogen (secondary N) is 3. The molecule has 2 aromatic carbocycles. The van der Waals surface area contributed by atoms with Gasteiger partial charge in [0.15, 0.2) is 0 Å². The average Bonchev–Trinajstić information content (AvgIpc) is 3.32. The van der Waals surface area contributed by atoms with Crippen LogP contribution in [0.4, 0.5) is 11.4 Å². The highest BCUT2D eigenvalue weighted by atomic mass is 35.5. The molecule has 1 aliphatic rings. The predicted molar refractivity (Wildman–Crippen MR) is 176 cm³/mol. The number of benzene rings is 2. The number of likely N-dealkylation sites (N-methyl/N-ethyl adjacent to an activating group) is 1. The van der Waals surface area contributed by atoms with Gasteiger partial charge in [0.2, 0.25) is 5.91 Å². The molecular weight excluding hydrogens is 625 g/mol. The third kappa shape index (κ3) is 8.07. The molecule has 1 aromatic heterocycles. The molecule has 1 aliphatic heterocycles. The molecule has 3 aromatic rings. The van der Waals surface area contributed by atoms with Gasteiger partial charge in [0, 0.05) is 49.4 Å². The summed E-state index contributed by atoms with van der Waals surface area (Å²) in [4.78, 5) is 40.9. The number of nitrogens with zero attached hydrogens (tertiary/aromatic N) is 4. The molecule has 1 unspecified atom stereocenters. The summed E-state index contributed by atoms with van der Waals surface area (Å²) in [5.41, 5.74) is 1.00. The molecule has 44 heavy (non-hydrogen) atoms. The van der Waals surface area contributed by atoms with Gasteiger partial charge in [-0.1, -0.05) is 41.4 Å². The Morgan fingerprint density at radius 1 is 1.07 bits per heavy atom. The first-order valence-electron chi connectivity index (χ1n) is 13.8. The first-order valence-corrected chi connectivity index (χ1v) is 16.2. The lowest BCUT2D eigenvalue weighted by molar-refractivity contribution is -0.111. The average molecular weight is 661 g/mol. The summed E-state index contributed by atoms with van der Waals surface area (Å²) in [5.74, 6) is 2.77. The zero-order chi connectivity index (χ0) is 32.0. The lowest BCUT2D eigenvalue weighted by atomic mass is 10.1. The van der Waals surface area contributed by atoms with E-state index >= 15 is 0 Å². The maximum Gasteiger partial charge on any atom is 0.271 e. The van der Waals surface area contributed by atoms with Crippen molar-refractivity contribution >= 4 is 67.9 Å². The molecule has 14 heteroatoms. The van der Waals surface area contributed by atoms with Gasteiger partial charge in [-0.3, -0.25) is 19.1 Å². The van der Waals surface area contributed by atoms with Gasteiger partial charge in [-0.25, -0.2) is 8.51 Å². The van der Waals surface area contributed by atoms with E-state index in [4.69, 9.17) is 23.2 Å². The molecular formula is C30H35Cl2N7O4S. The number of aryl methyl sites for hydroxylation is 1. The second-order valence-electron chi connectivity index (χ2n) is 10.6. The Balaban J connectivity index is 1.37.